The number of nitrogens with one attached hydrogen (secondary N) is 1. The van der Waals surface area contributed by atoms with Gasteiger partial charge in [-0.05, 0) is 54.5 Å². The molecule has 5 rings (SSSR count). The Morgan fingerprint density at radius 3 is 3.00 bits per heavy atom. The fourth-order valence-corrected chi connectivity index (χ4v) is 5.33. The number of nitrogens with zero attached hydrogens (tertiary/aromatic N) is 2. The van der Waals surface area contributed by atoms with Crippen molar-refractivity contribution in [1.82, 2.24) is 9.97 Å². The van der Waals surface area contributed by atoms with Crippen LogP contribution in [-0.2, 0) is 12.8 Å². The van der Waals surface area contributed by atoms with Crippen molar-refractivity contribution in [2.75, 3.05) is 13.2 Å². The van der Waals surface area contributed by atoms with Crippen LogP contribution in [0.15, 0.2) is 23.0 Å². The van der Waals surface area contributed by atoms with Crippen LogP contribution in [0.1, 0.15) is 35.2 Å². The number of ether oxygens (including phenoxy) is 2. The van der Waals surface area contributed by atoms with E-state index in [0.29, 0.717) is 52.2 Å². The molecule has 1 aliphatic carbocycles. The molecule has 1 aliphatic heterocycles. The monoisotopic (exact) mass is 405 g/mol. The van der Waals surface area contributed by atoms with Gasteiger partial charge >= 0.3 is 0 Å². The van der Waals surface area contributed by atoms with Gasteiger partial charge in [-0.25, -0.2) is 4.98 Å². The molecule has 7 heteroatoms. The number of aryl methyl sites for hydroxylation is 1. The maximum Gasteiger partial charge on any atom is 0.260 e. The van der Waals surface area contributed by atoms with Crippen molar-refractivity contribution in [3.05, 3.63) is 50.4 Å². The van der Waals surface area contributed by atoms with Gasteiger partial charge in [0.15, 0.2) is 17.3 Å². The standard InChI is InChI=1S/C22H19N3O3S/c1-12-2-4-15-18(8-12)29-22-19(15)21(26)24-20(25-22)14(11-23)9-13-3-5-16-17(10-13)28-7-6-27-16/h3,5,9-10,12H,2,4,6-8H2,1H3,(H,24,25,26)/b14-9+. The molecule has 146 valence electrons. The van der Waals surface area contributed by atoms with Gasteiger partial charge in [0.1, 0.15) is 24.1 Å². The van der Waals surface area contributed by atoms with E-state index >= 15 is 0 Å². The molecule has 0 saturated heterocycles. The molecule has 0 radical (unpaired) electrons. The number of aromatic amines is 1. The van der Waals surface area contributed by atoms with Crippen molar-refractivity contribution < 1.29 is 9.47 Å². The maximum absolute atomic E-state index is 12.8. The lowest BCUT2D eigenvalue weighted by atomic mass is 9.89. The third-order valence-electron chi connectivity index (χ3n) is 5.42. The molecule has 2 aliphatic rings. The quantitative estimate of drug-likeness (QED) is 0.653. The molecule has 1 N–H and O–H groups in total. The summed E-state index contributed by atoms with van der Waals surface area (Å²) in [6.07, 6.45) is 4.70. The molecular weight excluding hydrogens is 386 g/mol. The van der Waals surface area contributed by atoms with Crippen molar-refractivity contribution in [1.29, 1.82) is 5.26 Å². The van der Waals surface area contributed by atoms with Crippen LogP contribution < -0.4 is 15.0 Å². The van der Waals surface area contributed by atoms with Gasteiger partial charge in [0.25, 0.3) is 5.56 Å². The van der Waals surface area contributed by atoms with Gasteiger partial charge in [0.2, 0.25) is 0 Å². The predicted molar refractivity (Wildman–Crippen MR) is 112 cm³/mol. The lowest BCUT2D eigenvalue weighted by molar-refractivity contribution is 0.171. The lowest BCUT2D eigenvalue weighted by Gasteiger charge is -2.18. The zero-order valence-electron chi connectivity index (χ0n) is 15.9. The van der Waals surface area contributed by atoms with Crippen LogP contribution in [0, 0.1) is 17.2 Å². The number of rotatable bonds is 2. The molecule has 0 saturated carbocycles. The van der Waals surface area contributed by atoms with Gasteiger partial charge in [-0.3, -0.25) is 4.79 Å². The Hall–Kier alpha value is -3.11. The predicted octanol–water partition coefficient (Wildman–Crippen LogP) is 3.94. The van der Waals surface area contributed by atoms with Crippen molar-refractivity contribution >= 4 is 33.2 Å². The van der Waals surface area contributed by atoms with Crippen LogP contribution in [0.25, 0.3) is 21.9 Å². The van der Waals surface area contributed by atoms with E-state index in [1.165, 1.54) is 4.88 Å². The second kappa shape index (κ2) is 7.05. The highest BCUT2D eigenvalue weighted by molar-refractivity contribution is 7.18. The van der Waals surface area contributed by atoms with Crippen molar-refractivity contribution in [2.45, 2.75) is 26.2 Å². The van der Waals surface area contributed by atoms with E-state index in [1.54, 1.807) is 17.4 Å². The maximum atomic E-state index is 12.8. The fraction of sp³-hybridized carbons (Fsp3) is 0.318. The van der Waals surface area contributed by atoms with Crippen LogP contribution in [0.3, 0.4) is 0 Å². The summed E-state index contributed by atoms with van der Waals surface area (Å²) >= 11 is 1.58. The van der Waals surface area contributed by atoms with Crippen molar-refractivity contribution in [2.24, 2.45) is 5.92 Å². The minimum absolute atomic E-state index is 0.166. The van der Waals surface area contributed by atoms with Gasteiger partial charge < -0.3 is 14.5 Å². The zero-order chi connectivity index (χ0) is 20.0. The van der Waals surface area contributed by atoms with Crippen molar-refractivity contribution in [3.8, 4) is 17.6 Å². The first-order chi connectivity index (χ1) is 14.1. The minimum atomic E-state index is -0.166. The number of fused-ring (bicyclic) bond motifs is 4. The first kappa shape index (κ1) is 18.0. The summed E-state index contributed by atoms with van der Waals surface area (Å²) < 4.78 is 11.1. The normalized spacial score (nSPS) is 18.3. The van der Waals surface area contributed by atoms with Gasteiger partial charge in [0.05, 0.1) is 11.0 Å². The third kappa shape index (κ3) is 3.19. The highest BCUT2D eigenvalue weighted by Crippen LogP contribution is 2.36. The molecule has 1 unspecified atom stereocenters. The summed E-state index contributed by atoms with van der Waals surface area (Å²) in [5.41, 5.74) is 2.06. The molecule has 2 aromatic heterocycles. The number of H-pyrrole nitrogens is 1. The second-order valence-electron chi connectivity index (χ2n) is 7.52. The topological polar surface area (TPSA) is 88.0 Å². The summed E-state index contributed by atoms with van der Waals surface area (Å²) in [5, 5.41) is 10.4. The van der Waals surface area contributed by atoms with E-state index in [0.717, 1.165) is 30.4 Å². The van der Waals surface area contributed by atoms with Crippen LogP contribution in [0.2, 0.25) is 0 Å². The average molecular weight is 405 g/mol. The Bertz CT molecular complexity index is 1250. The highest BCUT2D eigenvalue weighted by Gasteiger charge is 2.23. The second-order valence-corrected chi connectivity index (χ2v) is 8.60. The third-order valence-corrected chi connectivity index (χ3v) is 6.57. The molecule has 3 heterocycles. The summed E-state index contributed by atoms with van der Waals surface area (Å²) in [4.78, 5) is 22.2. The van der Waals surface area contributed by atoms with E-state index in [4.69, 9.17) is 9.47 Å². The van der Waals surface area contributed by atoms with E-state index < -0.39 is 0 Å². The first-order valence-electron chi connectivity index (χ1n) is 9.69. The van der Waals surface area contributed by atoms with Gasteiger partial charge in [-0.1, -0.05) is 13.0 Å². The molecule has 3 aromatic rings. The van der Waals surface area contributed by atoms with Crippen LogP contribution >= 0.6 is 11.3 Å². The number of thiophene rings is 1. The molecule has 0 spiro atoms. The Balaban J connectivity index is 1.58. The van der Waals surface area contributed by atoms with Gasteiger partial charge in [0, 0.05) is 4.88 Å². The van der Waals surface area contributed by atoms with Crippen molar-refractivity contribution in [3.63, 3.8) is 0 Å². The van der Waals surface area contributed by atoms with Crippen LogP contribution in [-0.4, -0.2) is 23.2 Å². The fourth-order valence-electron chi connectivity index (χ4n) is 3.95. The molecule has 6 nitrogen and oxygen atoms in total. The molecular formula is C22H19N3O3S. The Morgan fingerprint density at radius 2 is 2.17 bits per heavy atom. The van der Waals surface area contributed by atoms with Crippen LogP contribution in [0.5, 0.6) is 11.5 Å². The summed E-state index contributed by atoms with van der Waals surface area (Å²) in [7, 11) is 0. The van der Waals surface area contributed by atoms with E-state index in [2.05, 4.69) is 23.0 Å². The average Bonchev–Trinajstić information content (AvgIpc) is 3.09. The smallest absolute Gasteiger partial charge is 0.260 e. The summed E-state index contributed by atoms with van der Waals surface area (Å²) in [5.74, 6) is 2.27. The van der Waals surface area contributed by atoms with Gasteiger partial charge in [-0.2, -0.15) is 5.26 Å². The largest absolute Gasteiger partial charge is 0.486 e. The molecule has 0 amide bonds. The Labute approximate surface area is 171 Å². The number of hydrogen-bond acceptors (Lipinski definition) is 6. The lowest BCUT2D eigenvalue weighted by Crippen LogP contribution is -2.15. The number of benzene rings is 1. The van der Waals surface area contributed by atoms with E-state index in [9.17, 15) is 10.1 Å². The highest BCUT2D eigenvalue weighted by atomic mass is 32.1. The van der Waals surface area contributed by atoms with E-state index in [1.807, 2.05) is 18.2 Å². The molecule has 0 bridgehead atoms. The number of hydrogen-bond donors (Lipinski definition) is 1. The Morgan fingerprint density at radius 1 is 1.34 bits per heavy atom. The van der Waals surface area contributed by atoms with Crippen LogP contribution in [0.4, 0.5) is 0 Å². The molecule has 1 aromatic carbocycles. The number of allylic oxidation sites excluding steroid dienone is 1. The number of aromatic nitrogens is 2. The number of nitriles is 1. The first-order valence-corrected chi connectivity index (χ1v) is 10.5. The summed E-state index contributed by atoms with van der Waals surface area (Å²) in [6.45, 7) is 3.26. The molecule has 29 heavy (non-hydrogen) atoms. The Kier molecular flexibility index (Phi) is 4.36. The van der Waals surface area contributed by atoms with Gasteiger partial charge in [-0.15, -0.1) is 11.3 Å². The molecule has 1 atom stereocenters. The molecule has 0 fully saturated rings. The zero-order valence-corrected chi connectivity index (χ0v) is 16.8. The SMILES string of the molecule is CC1CCc2c(sc3nc(/C(C#N)=C/c4ccc5c(c4)OCCO5)[nH]c(=O)c23)C1. The summed E-state index contributed by atoms with van der Waals surface area (Å²) in [6, 6.07) is 7.67. The minimum Gasteiger partial charge on any atom is -0.486 e. The van der Waals surface area contributed by atoms with E-state index in [-0.39, 0.29) is 5.56 Å².